The van der Waals surface area contributed by atoms with Crippen LogP contribution < -0.4 is 4.90 Å². The Morgan fingerprint density at radius 3 is 2.43 bits per heavy atom. The normalized spacial score (nSPS) is 25.0. The fourth-order valence-corrected chi connectivity index (χ4v) is 6.20. The highest BCUT2D eigenvalue weighted by molar-refractivity contribution is 7.12. The second kappa shape index (κ2) is 7.64. The number of anilines is 1. The largest absolute Gasteiger partial charge is 0.416 e. The van der Waals surface area contributed by atoms with E-state index in [9.17, 15) is 27.6 Å². The van der Waals surface area contributed by atoms with Gasteiger partial charge < -0.3 is 4.90 Å². The summed E-state index contributed by atoms with van der Waals surface area (Å²) in [5, 5.41) is 1.76. The number of fused-ring (bicyclic) bond motifs is 5. The zero-order valence-corrected chi connectivity index (χ0v) is 18.8. The van der Waals surface area contributed by atoms with Crippen LogP contribution in [-0.2, 0) is 15.8 Å². The monoisotopic (exact) mass is 494 g/mol. The maximum atomic E-state index is 13.7. The lowest BCUT2D eigenvalue weighted by Crippen LogP contribution is -2.44. The van der Waals surface area contributed by atoms with Gasteiger partial charge in [-0.1, -0.05) is 36.4 Å². The summed E-state index contributed by atoms with van der Waals surface area (Å²) < 4.78 is 40.0. The van der Waals surface area contributed by atoms with E-state index >= 15 is 0 Å². The average molecular weight is 494 g/mol. The average Bonchev–Trinajstić information content (AvgIpc) is 3.55. The van der Waals surface area contributed by atoms with E-state index < -0.39 is 47.5 Å². The zero-order valence-electron chi connectivity index (χ0n) is 18.0. The number of benzene rings is 2. The van der Waals surface area contributed by atoms with Crippen LogP contribution in [0.25, 0.3) is 6.08 Å². The predicted molar refractivity (Wildman–Crippen MR) is 123 cm³/mol. The van der Waals surface area contributed by atoms with E-state index in [4.69, 9.17) is 0 Å². The summed E-state index contributed by atoms with van der Waals surface area (Å²) in [5.41, 5.74) is 0.581. The van der Waals surface area contributed by atoms with Crippen molar-refractivity contribution in [2.24, 2.45) is 11.8 Å². The molecule has 3 aliphatic rings. The highest BCUT2D eigenvalue weighted by atomic mass is 32.1. The minimum absolute atomic E-state index is 0.141. The molecule has 0 aliphatic carbocycles. The number of Topliss-reactive ketones (excluding diaryl/α,β-unsaturated/α-hetero) is 1. The number of thiophene rings is 1. The standard InChI is InChI=1S/C26H17F3N2O3S/c27-26(28,29)15-6-3-7-16(13-15)31-24(33)19-20(25(31)34)22(23(32)18-9-4-12-35-18)30-11-10-14-5-1-2-8-17(14)21(19)30/h1-13,19-22H/t19-,20+,21?,22-/m0/s1. The third kappa shape index (κ3) is 3.18. The quantitative estimate of drug-likeness (QED) is 0.373. The van der Waals surface area contributed by atoms with E-state index in [1.54, 1.807) is 28.6 Å². The van der Waals surface area contributed by atoms with Crippen LogP contribution in [0, 0.1) is 11.8 Å². The summed E-state index contributed by atoms with van der Waals surface area (Å²) in [5.74, 6) is -3.46. The first-order valence-corrected chi connectivity index (χ1v) is 11.8. The lowest BCUT2D eigenvalue weighted by molar-refractivity contribution is -0.137. The van der Waals surface area contributed by atoms with Gasteiger partial charge in [-0.25, -0.2) is 4.90 Å². The number of hydrogen-bond donors (Lipinski definition) is 0. The molecule has 1 unspecified atom stereocenters. The first kappa shape index (κ1) is 21.8. The molecule has 0 saturated carbocycles. The Morgan fingerprint density at radius 2 is 1.69 bits per heavy atom. The molecule has 2 saturated heterocycles. The molecule has 1 aromatic heterocycles. The van der Waals surface area contributed by atoms with Gasteiger partial charge in [0, 0.05) is 6.20 Å². The Bertz CT molecular complexity index is 1400. The maximum absolute atomic E-state index is 13.7. The van der Waals surface area contributed by atoms with Crippen molar-refractivity contribution in [1.29, 1.82) is 0 Å². The van der Waals surface area contributed by atoms with Gasteiger partial charge in [-0.3, -0.25) is 14.4 Å². The Morgan fingerprint density at radius 1 is 0.914 bits per heavy atom. The molecular weight excluding hydrogens is 477 g/mol. The van der Waals surface area contributed by atoms with Gasteiger partial charge in [-0.15, -0.1) is 11.3 Å². The van der Waals surface area contributed by atoms with Crippen molar-refractivity contribution in [2.75, 3.05) is 4.90 Å². The third-order valence-electron chi connectivity index (χ3n) is 6.93. The number of amides is 2. The van der Waals surface area contributed by atoms with Crippen molar-refractivity contribution in [2.45, 2.75) is 18.3 Å². The number of nitrogens with zero attached hydrogens (tertiary/aromatic N) is 2. The fraction of sp³-hybridized carbons (Fsp3) is 0.192. The lowest BCUT2D eigenvalue weighted by atomic mass is 9.84. The van der Waals surface area contributed by atoms with Gasteiger partial charge in [0.1, 0.15) is 6.04 Å². The summed E-state index contributed by atoms with van der Waals surface area (Å²) in [6, 6.07) is 13.5. The number of ketones is 1. The fourth-order valence-electron chi connectivity index (χ4n) is 5.50. The molecule has 2 fully saturated rings. The Balaban J connectivity index is 1.49. The Kier molecular flexibility index (Phi) is 4.76. The van der Waals surface area contributed by atoms with Gasteiger partial charge in [-0.05, 0) is 46.8 Å². The molecule has 9 heteroatoms. The van der Waals surface area contributed by atoms with Crippen molar-refractivity contribution in [1.82, 2.24) is 4.90 Å². The zero-order chi connectivity index (χ0) is 24.5. The van der Waals surface area contributed by atoms with E-state index in [1.165, 1.54) is 23.5 Å². The highest BCUT2D eigenvalue weighted by Gasteiger charge is 2.64. The predicted octanol–water partition coefficient (Wildman–Crippen LogP) is 5.17. The molecular formula is C26H17F3N2O3S. The molecule has 2 aromatic carbocycles. The molecule has 6 rings (SSSR count). The number of rotatable bonds is 3. The molecule has 3 aromatic rings. The number of hydrogen-bond acceptors (Lipinski definition) is 5. The molecule has 176 valence electrons. The van der Waals surface area contributed by atoms with E-state index in [2.05, 4.69) is 0 Å². The molecule has 0 spiro atoms. The number of alkyl halides is 3. The topological polar surface area (TPSA) is 57.7 Å². The molecule has 3 aliphatic heterocycles. The number of imide groups is 1. The van der Waals surface area contributed by atoms with Crippen molar-refractivity contribution >= 4 is 40.7 Å². The van der Waals surface area contributed by atoms with Crippen LogP contribution in [0.3, 0.4) is 0 Å². The second-order valence-corrected chi connectivity index (χ2v) is 9.68. The van der Waals surface area contributed by atoms with Crippen LogP contribution in [0.4, 0.5) is 18.9 Å². The molecule has 0 N–H and O–H groups in total. The summed E-state index contributed by atoms with van der Waals surface area (Å²) in [4.78, 5) is 44.1. The van der Waals surface area contributed by atoms with Crippen molar-refractivity contribution in [3.05, 3.63) is 93.8 Å². The molecule has 2 amide bonds. The first-order chi connectivity index (χ1) is 16.8. The van der Waals surface area contributed by atoms with Crippen LogP contribution in [0.15, 0.2) is 72.2 Å². The van der Waals surface area contributed by atoms with E-state index in [0.717, 1.165) is 28.2 Å². The smallest absolute Gasteiger partial charge is 0.358 e. The Labute approximate surface area is 202 Å². The minimum Gasteiger partial charge on any atom is -0.358 e. The van der Waals surface area contributed by atoms with Crippen LogP contribution in [-0.4, -0.2) is 28.5 Å². The number of halogens is 3. The van der Waals surface area contributed by atoms with Gasteiger partial charge in [-0.2, -0.15) is 13.2 Å². The molecule has 0 radical (unpaired) electrons. The van der Waals surface area contributed by atoms with Gasteiger partial charge in [0.05, 0.1) is 34.0 Å². The summed E-state index contributed by atoms with van der Waals surface area (Å²) >= 11 is 1.25. The molecule has 5 nitrogen and oxygen atoms in total. The molecule has 4 atom stereocenters. The highest BCUT2D eigenvalue weighted by Crippen LogP contribution is 2.54. The van der Waals surface area contributed by atoms with E-state index in [1.807, 2.05) is 30.3 Å². The van der Waals surface area contributed by atoms with Crippen molar-refractivity contribution in [3.63, 3.8) is 0 Å². The minimum atomic E-state index is -4.63. The first-order valence-electron chi connectivity index (χ1n) is 10.9. The second-order valence-electron chi connectivity index (χ2n) is 8.73. The van der Waals surface area contributed by atoms with E-state index in [0.29, 0.717) is 4.88 Å². The van der Waals surface area contributed by atoms with Gasteiger partial charge >= 0.3 is 6.18 Å². The number of carbonyl (C=O) groups is 3. The van der Waals surface area contributed by atoms with Gasteiger partial charge in [0.2, 0.25) is 11.8 Å². The lowest BCUT2D eigenvalue weighted by Gasteiger charge is -2.35. The third-order valence-corrected chi connectivity index (χ3v) is 7.81. The molecule has 4 heterocycles. The molecule has 35 heavy (non-hydrogen) atoms. The van der Waals surface area contributed by atoms with Crippen molar-refractivity contribution in [3.8, 4) is 0 Å². The van der Waals surface area contributed by atoms with Crippen LogP contribution >= 0.6 is 11.3 Å². The van der Waals surface area contributed by atoms with Gasteiger partial charge in [0.25, 0.3) is 0 Å². The SMILES string of the molecule is O=C(c1cccs1)[C@@H]1[C@@H]2C(=O)N(c3cccc(C(F)(F)F)c3)C(=O)[C@@H]2C2c3ccccc3C=CN21. The van der Waals surface area contributed by atoms with Crippen molar-refractivity contribution < 1.29 is 27.6 Å². The van der Waals surface area contributed by atoms with E-state index in [-0.39, 0.29) is 11.5 Å². The summed E-state index contributed by atoms with van der Waals surface area (Å²) in [7, 11) is 0. The summed E-state index contributed by atoms with van der Waals surface area (Å²) in [6.45, 7) is 0. The van der Waals surface area contributed by atoms with Crippen LogP contribution in [0.1, 0.15) is 32.4 Å². The van der Waals surface area contributed by atoms with Gasteiger partial charge in [0.15, 0.2) is 5.78 Å². The summed E-state index contributed by atoms with van der Waals surface area (Å²) in [6.07, 6.45) is -1.03. The maximum Gasteiger partial charge on any atom is 0.416 e. The van der Waals surface area contributed by atoms with Crippen LogP contribution in [0.2, 0.25) is 0 Å². The number of carbonyl (C=O) groups excluding carboxylic acids is 3. The van der Waals surface area contributed by atoms with Crippen LogP contribution in [0.5, 0.6) is 0 Å². The molecule has 0 bridgehead atoms. The Hall–Kier alpha value is -3.72.